The van der Waals surface area contributed by atoms with Crippen molar-refractivity contribution in [2.75, 3.05) is 20.2 Å². The number of imidazole rings is 1. The largest absolute Gasteiger partial charge is 0.494 e. The average molecular weight is 422 g/mol. The Morgan fingerprint density at radius 3 is 2.58 bits per heavy atom. The number of ether oxygens (including phenoxy) is 1. The van der Waals surface area contributed by atoms with Crippen molar-refractivity contribution in [3.8, 4) is 17.1 Å². The molecule has 1 aliphatic heterocycles. The third kappa shape index (κ3) is 4.63. The number of amides is 1. The normalized spacial score (nSPS) is 14.6. The number of carbonyl (C=O) groups excluding carboxylic acids is 1. The van der Waals surface area contributed by atoms with E-state index in [-0.39, 0.29) is 11.7 Å². The molecule has 1 aromatic heterocycles. The summed E-state index contributed by atoms with van der Waals surface area (Å²) < 4.78 is 21.2. The Morgan fingerprint density at radius 1 is 1.16 bits per heavy atom. The third-order valence-electron chi connectivity index (χ3n) is 6.15. The molecule has 2 heterocycles. The van der Waals surface area contributed by atoms with Gasteiger partial charge in [-0.25, -0.2) is 9.37 Å². The predicted octanol–water partition coefficient (Wildman–Crippen LogP) is 4.95. The van der Waals surface area contributed by atoms with E-state index in [1.165, 1.54) is 19.2 Å². The summed E-state index contributed by atoms with van der Waals surface area (Å²) in [7, 11) is 1.42. The standard InChI is InChI=1S/C25H28FN3O2/c1-18-17-27-24(20-6-4-3-5-7-20)29(18)15-12-19-10-13-28(14-11-19)25(30)21-8-9-23(31-2)22(26)16-21/h3-9,16-17,19H,10-15H2,1-2H3. The van der Waals surface area contributed by atoms with Gasteiger partial charge in [0, 0.05) is 42.7 Å². The summed E-state index contributed by atoms with van der Waals surface area (Å²) in [6.45, 7) is 4.41. The van der Waals surface area contributed by atoms with E-state index in [0.717, 1.165) is 42.9 Å². The number of piperidine rings is 1. The van der Waals surface area contributed by atoms with Gasteiger partial charge < -0.3 is 14.2 Å². The molecule has 0 atom stereocenters. The summed E-state index contributed by atoms with van der Waals surface area (Å²) in [5, 5.41) is 0. The highest BCUT2D eigenvalue weighted by molar-refractivity contribution is 5.94. The smallest absolute Gasteiger partial charge is 0.253 e. The quantitative estimate of drug-likeness (QED) is 0.566. The summed E-state index contributed by atoms with van der Waals surface area (Å²) in [4.78, 5) is 19.2. The second-order valence-corrected chi connectivity index (χ2v) is 8.11. The van der Waals surface area contributed by atoms with Crippen LogP contribution >= 0.6 is 0 Å². The topological polar surface area (TPSA) is 47.4 Å². The molecule has 2 aromatic carbocycles. The number of likely N-dealkylation sites (tertiary alicyclic amines) is 1. The average Bonchev–Trinajstić information content (AvgIpc) is 3.18. The number of aromatic nitrogens is 2. The first-order valence-corrected chi connectivity index (χ1v) is 10.8. The van der Waals surface area contributed by atoms with Gasteiger partial charge in [0.1, 0.15) is 5.82 Å². The maximum atomic E-state index is 14.0. The molecule has 0 N–H and O–H groups in total. The van der Waals surface area contributed by atoms with Crippen LogP contribution in [-0.4, -0.2) is 40.6 Å². The van der Waals surface area contributed by atoms with Crippen molar-refractivity contribution < 1.29 is 13.9 Å². The SMILES string of the molecule is COc1ccc(C(=O)N2CCC(CCn3c(C)cnc3-c3ccccc3)CC2)cc1F. The molecule has 0 saturated carbocycles. The number of hydrogen-bond acceptors (Lipinski definition) is 3. The lowest BCUT2D eigenvalue weighted by atomic mass is 9.93. The number of nitrogens with zero attached hydrogens (tertiary/aromatic N) is 3. The van der Waals surface area contributed by atoms with E-state index < -0.39 is 5.82 Å². The third-order valence-corrected chi connectivity index (χ3v) is 6.15. The first-order chi connectivity index (χ1) is 15.1. The van der Waals surface area contributed by atoms with Crippen molar-refractivity contribution in [1.29, 1.82) is 0 Å². The van der Waals surface area contributed by atoms with Crippen molar-refractivity contribution in [2.24, 2.45) is 5.92 Å². The van der Waals surface area contributed by atoms with Crippen LogP contribution in [0.3, 0.4) is 0 Å². The molecular formula is C25H28FN3O2. The molecule has 0 spiro atoms. The molecule has 0 unspecified atom stereocenters. The highest BCUT2D eigenvalue weighted by Gasteiger charge is 2.24. The highest BCUT2D eigenvalue weighted by Crippen LogP contribution is 2.26. The lowest BCUT2D eigenvalue weighted by Gasteiger charge is -2.32. The van der Waals surface area contributed by atoms with Crippen LogP contribution in [0.15, 0.2) is 54.7 Å². The van der Waals surface area contributed by atoms with E-state index in [2.05, 4.69) is 28.6 Å². The van der Waals surface area contributed by atoms with Gasteiger partial charge in [0.2, 0.25) is 0 Å². The van der Waals surface area contributed by atoms with Crippen LogP contribution in [0.25, 0.3) is 11.4 Å². The van der Waals surface area contributed by atoms with E-state index in [9.17, 15) is 9.18 Å². The monoisotopic (exact) mass is 421 g/mol. The maximum absolute atomic E-state index is 14.0. The van der Waals surface area contributed by atoms with Crippen LogP contribution in [0.5, 0.6) is 5.75 Å². The fourth-order valence-corrected chi connectivity index (χ4v) is 4.28. The maximum Gasteiger partial charge on any atom is 0.253 e. The lowest BCUT2D eigenvalue weighted by Crippen LogP contribution is -2.38. The number of hydrogen-bond donors (Lipinski definition) is 0. The van der Waals surface area contributed by atoms with E-state index in [0.29, 0.717) is 24.6 Å². The Labute approximate surface area is 182 Å². The first kappa shape index (κ1) is 21.1. The van der Waals surface area contributed by atoms with Gasteiger partial charge >= 0.3 is 0 Å². The zero-order chi connectivity index (χ0) is 21.8. The Kier molecular flexibility index (Phi) is 6.35. The molecule has 0 bridgehead atoms. The fraction of sp³-hybridized carbons (Fsp3) is 0.360. The Morgan fingerprint density at radius 2 is 1.90 bits per heavy atom. The second kappa shape index (κ2) is 9.33. The van der Waals surface area contributed by atoms with Gasteiger partial charge in [0.25, 0.3) is 5.91 Å². The van der Waals surface area contributed by atoms with Gasteiger partial charge in [0.15, 0.2) is 11.6 Å². The van der Waals surface area contributed by atoms with E-state index in [4.69, 9.17) is 4.74 Å². The van der Waals surface area contributed by atoms with Crippen LogP contribution < -0.4 is 4.74 Å². The number of aryl methyl sites for hydroxylation is 1. The van der Waals surface area contributed by atoms with Crippen LogP contribution in [0.1, 0.15) is 35.3 Å². The van der Waals surface area contributed by atoms with Crippen molar-refractivity contribution in [3.63, 3.8) is 0 Å². The van der Waals surface area contributed by atoms with Crippen LogP contribution in [0.4, 0.5) is 4.39 Å². The van der Waals surface area contributed by atoms with Gasteiger partial charge in [-0.2, -0.15) is 0 Å². The second-order valence-electron chi connectivity index (χ2n) is 8.11. The van der Waals surface area contributed by atoms with Gasteiger partial charge in [-0.05, 0) is 50.3 Å². The fourth-order valence-electron chi connectivity index (χ4n) is 4.28. The Bertz CT molecular complexity index is 1040. The van der Waals surface area contributed by atoms with Crippen LogP contribution in [0, 0.1) is 18.7 Å². The number of rotatable bonds is 6. The highest BCUT2D eigenvalue weighted by atomic mass is 19.1. The molecule has 5 nitrogen and oxygen atoms in total. The van der Waals surface area contributed by atoms with Crippen LogP contribution in [-0.2, 0) is 6.54 Å². The molecule has 0 radical (unpaired) electrons. The van der Waals surface area contributed by atoms with Gasteiger partial charge in [-0.15, -0.1) is 0 Å². The minimum Gasteiger partial charge on any atom is -0.494 e. The number of halogens is 1. The summed E-state index contributed by atoms with van der Waals surface area (Å²) in [5.41, 5.74) is 2.66. The van der Waals surface area contributed by atoms with Crippen molar-refractivity contribution in [1.82, 2.24) is 14.5 Å². The molecule has 1 fully saturated rings. The molecule has 162 valence electrons. The van der Waals surface area contributed by atoms with Crippen molar-refractivity contribution in [2.45, 2.75) is 32.7 Å². The molecule has 4 rings (SSSR count). The number of benzene rings is 2. The Balaban J connectivity index is 1.34. The van der Waals surface area contributed by atoms with Gasteiger partial charge in [-0.3, -0.25) is 4.79 Å². The summed E-state index contributed by atoms with van der Waals surface area (Å²) in [6.07, 6.45) is 4.89. The zero-order valence-corrected chi connectivity index (χ0v) is 18.1. The van der Waals surface area contributed by atoms with Crippen LogP contribution in [0.2, 0.25) is 0 Å². The van der Waals surface area contributed by atoms with Gasteiger partial charge in [-0.1, -0.05) is 30.3 Å². The molecule has 1 saturated heterocycles. The molecule has 0 aliphatic carbocycles. The summed E-state index contributed by atoms with van der Waals surface area (Å²) in [5.74, 6) is 1.10. The Hall–Kier alpha value is -3.15. The molecule has 1 amide bonds. The number of carbonyl (C=O) groups is 1. The lowest BCUT2D eigenvalue weighted by molar-refractivity contribution is 0.0684. The van der Waals surface area contributed by atoms with E-state index >= 15 is 0 Å². The molecule has 31 heavy (non-hydrogen) atoms. The first-order valence-electron chi connectivity index (χ1n) is 10.8. The predicted molar refractivity (Wildman–Crippen MR) is 119 cm³/mol. The van der Waals surface area contributed by atoms with E-state index in [1.54, 1.807) is 6.07 Å². The molecule has 3 aromatic rings. The molecular weight excluding hydrogens is 393 g/mol. The minimum absolute atomic E-state index is 0.114. The number of methoxy groups -OCH3 is 1. The molecule has 1 aliphatic rings. The molecule has 6 heteroatoms. The summed E-state index contributed by atoms with van der Waals surface area (Å²) in [6, 6.07) is 14.7. The van der Waals surface area contributed by atoms with E-state index in [1.807, 2.05) is 29.3 Å². The van der Waals surface area contributed by atoms with Crippen molar-refractivity contribution >= 4 is 5.91 Å². The van der Waals surface area contributed by atoms with Crippen molar-refractivity contribution in [3.05, 3.63) is 71.8 Å². The van der Waals surface area contributed by atoms with Gasteiger partial charge in [0.05, 0.1) is 7.11 Å². The zero-order valence-electron chi connectivity index (χ0n) is 18.1. The minimum atomic E-state index is -0.506. The summed E-state index contributed by atoms with van der Waals surface area (Å²) >= 11 is 0.